The number of hydrogen-bond acceptors (Lipinski definition) is 4. The van der Waals surface area contributed by atoms with E-state index in [1.54, 1.807) is 0 Å². The molecule has 1 saturated heterocycles. The molecule has 0 radical (unpaired) electrons. The predicted octanol–water partition coefficient (Wildman–Crippen LogP) is 4.63. The summed E-state index contributed by atoms with van der Waals surface area (Å²) in [5.74, 6) is 4.05. The van der Waals surface area contributed by atoms with Gasteiger partial charge in [0.1, 0.15) is 0 Å². The lowest BCUT2D eigenvalue weighted by Crippen LogP contribution is -2.59. The van der Waals surface area contributed by atoms with Crippen molar-refractivity contribution in [1.82, 2.24) is 15.5 Å². The van der Waals surface area contributed by atoms with Gasteiger partial charge in [0.05, 0.1) is 0 Å². The molecule has 1 aromatic carbocycles. The lowest BCUT2D eigenvalue weighted by atomic mass is 9.53. The lowest BCUT2D eigenvalue weighted by molar-refractivity contribution is -0.0168. The molecule has 7 rings (SSSR count). The molecule has 0 atom stereocenters. The van der Waals surface area contributed by atoms with Crippen LogP contribution >= 0.6 is 0 Å². The maximum absolute atomic E-state index is 13.0. The van der Waals surface area contributed by atoms with Gasteiger partial charge < -0.3 is 10.2 Å². The van der Waals surface area contributed by atoms with E-state index in [0.29, 0.717) is 5.69 Å². The van der Waals surface area contributed by atoms with Crippen molar-refractivity contribution in [3.05, 3.63) is 53.7 Å². The van der Waals surface area contributed by atoms with Gasteiger partial charge in [-0.1, -0.05) is 30.3 Å². The second kappa shape index (κ2) is 8.17. The highest BCUT2D eigenvalue weighted by Gasteiger charge is 2.51. The second-order valence-electron chi connectivity index (χ2n) is 11.0. The first-order valence-corrected chi connectivity index (χ1v) is 12.6. The number of rotatable bonds is 5. The van der Waals surface area contributed by atoms with Crippen LogP contribution in [0.15, 0.2) is 42.5 Å². The summed E-state index contributed by atoms with van der Waals surface area (Å²) < 4.78 is 0. The summed E-state index contributed by atoms with van der Waals surface area (Å²) in [5.41, 5.74) is 1.91. The third-order valence-electron chi connectivity index (χ3n) is 8.61. The van der Waals surface area contributed by atoms with Crippen molar-refractivity contribution >= 4 is 11.7 Å². The van der Waals surface area contributed by atoms with Gasteiger partial charge in [0.25, 0.3) is 5.91 Å². The van der Waals surface area contributed by atoms with E-state index in [4.69, 9.17) is 0 Å². The molecular formula is C27H34N4O. The number of anilines is 1. The van der Waals surface area contributed by atoms with Gasteiger partial charge in [-0.05, 0) is 99.2 Å². The lowest BCUT2D eigenvalue weighted by Gasteiger charge is -2.56. The third-order valence-corrected chi connectivity index (χ3v) is 8.61. The third kappa shape index (κ3) is 4.02. The molecule has 5 heteroatoms. The standard InChI is InChI=1S/C27H34N4O/c32-26(28-27-16-21-13-22(17-27)15-23(14-21)18-27)24-6-7-25(30-29-24)31-10-8-20(9-11-31)12-19-4-2-1-3-5-19/h1-7,20-23H,8-18H2,(H,28,32). The highest BCUT2D eigenvalue weighted by atomic mass is 16.2. The Morgan fingerprint density at radius 1 is 0.906 bits per heavy atom. The largest absolute Gasteiger partial charge is 0.355 e. The van der Waals surface area contributed by atoms with Crippen LogP contribution in [0.3, 0.4) is 0 Å². The first kappa shape index (κ1) is 20.2. The fourth-order valence-corrected chi connectivity index (χ4v) is 7.50. The molecule has 4 aliphatic carbocycles. The number of nitrogens with zero attached hydrogens (tertiary/aromatic N) is 3. The number of aromatic nitrogens is 2. The van der Waals surface area contributed by atoms with Crippen LogP contribution in [0.2, 0.25) is 0 Å². The van der Waals surface area contributed by atoms with Crippen LogP contribution in [0.25, 0.3) is 0 Å². The van der Waals surface area contributed by atoms with E-state index in [2.05, 4.69) is 50.7 Å². The van der Waals surface area contributed by atoms with E-state index in [1.165, 1.54) is 37.7 Å². The average molecular weight is 431 g/mol. The summed E-state index contributed by atoms with van der Waals surface area (Å²) in [5, 5.41) is 12.2. The van der Waals surface area contributed by atoms with Crippen LogP contribution in [0.5, 0.6) is 0 Å². The highest BCUT2D eigenvalue weighted by Crippen LogP contribution is 2.55. The molecule has 5 nitrogen and oxygen atoms in total. The Morgan fingerprint density at radius 3 is 2.16 bits per heavy atom. The molecule has 2 heterocycles. The minimum Gasteiger partial charge on any atom is -0.355 e. The van der Waals surface area contributed by atoms with Gasteiger partial charge in [-0.15, -0.1) is 10.2 Å². The van der Waals surface area contributed by atoms with Gasteiger partial charge in [0, 0.05) is 18.6 Å². The van der Waals surface area contributed by atoms with E-state index >= 15 is 0 Å². The van der Waals surface area contributed by atoms with Crippen LogP contribution in [-0.4, -0.2) is 34.7 Å². The Labute approximate surface area is 191 Å². The Kier molecular flexibility index (Phi) is 5.15. The first-order valence-electron chi connectivity index (χ1n) is 12.6. The minimum absolute atomic E-state index is 0.0207. The van der Waals surface area contributed by atoms with Gasteiger partial charge in [-0.3, -0.25) is 4.79 Å². The number of hydrogen-bond donors (Lipinski definition) is 1. The number of amides is 1. The van der Waals surface area contributed by atoms with Gasteiger partial charge in [0.2, 0.25) is 0 Å². The zero-order valence-electron chi connectivity index (χ0n) is 18.9. The molecule has 1 amide bonds. The molecule has 0 spiro atoms. The van der Waals surface area contributed by atoms with Crippen molar-refractivity contribution in [2.24, 2.45) is 23.7 Å². The van der Waals surface area contributed by atoms with Gasteiger partial charge in [0.15, 0.2) is 11.5 Å². The number of benzene rings is 1. The smallest absolute Gasteiger partial charge is 0.272 e. The van der Waals surface area contributed by atoms with E-state index < -0.39 is 0 Å². The molecule has 5 fully saturated rings. The molecule has 4 bridgehead atoms. The zero-order chi connectivity index (χ0) is 21.5. The molecule has 0 unspecified atom stereocenters. The molecule has 2 aromatic rings. The Balaban J connectivity index is 1.05. The summed E-state index contributed by atoms with van der Waals surface area (Å²) in [6.07, 6.45) is 11.1. The number of carbonyl (C=O) groups excluding carboxylic acids is 1. The maximum atomic E-state index is 13.0. The Hall–Kier alpha value is -2.43. The van der Waals surface area contributed by atoms with E-state index in [1.807, 2.05) is 12.1 Å². The molecule has 1 aromatic heterocycles. The summed E-state index contributed by atoms with van der Waals surface area (Å²) in [7, 11) is 0. The monoisotopic (exact) mass is 430 g/mol. The van der Waals surface area contributed by atoms with Crippen molar-refractivity contribution in [2.45, 2.75) is 63.3 Å². The summed E-state index contributed by atoms with van der Waals surface area (Å²) in [4.78, 5) is 15.3. The van der Waals surface area contributed by atoms with E-state index in [9.17, 15) is 4.79 Å². The summed E-state index contributed by atoms with van der Waals surface area (Å²) in [6, 6.07) is 14.6. The Morgan fingerprint density at radius 2 is 1.56 bits per heavy atom. The quantitative estimate of drug-likeness (QED) is 0.751. The van der Waals surface area contributed by atoms with E-state index in [-0.39, 0.29) is 11.4 Å². The number of piperidine rings is 1. The topological polar surface area (TPSA) is 58.1 Å². The molecule has 1 N–H and O–H groups in total. The minimum atomic E-state index is -0.0347. The van der Waals surface area contributed by atoms with Gasteiger partial charge in [-0.25, -0.2) is 0 Å². The molecule has 1 aliphatic heterocycles. The van der Waals surface area contributed by atoms with Crippen LogP contribution in [0.1, 0.15) is 67.4 Å². The van der Waals surface area contributed by atoms with Crippen molar-refractivity contribution < 1.29 is 4.79 Å². The molecule has 5 aliphatic rings. The fraction of sp³-hybridized carbons (Fsp3) is 0.593. The Bertz CT molecular complexity index is 914. The number of carbonyl (C=O) groups is 1. The normalized spacial score (nSPS) is 31.6. The maximum Gasteiger partial charge on any atom is 0.272 e. The average Bonchev–Trinajstić information content (AvgIpc) is 2.79. The zero-order valence-corrected chi connectivity index (χ0v) is 18.9. The van der Waals surface area contributed by atoms with Gasteiger partial charge >= 0.3 is 0 Å². The molecular weight excluding hydrogens is 396 g/mol. The second-order valence-corrected chi connectivity index (χ2v) is 11.0. The van der Waals surface area contributed by atoms with Crippen LogP contribution in [0, 0.1) is 23.7 Å². The first-order chi connectivity index (χ1) is 15.6. The van der Waals surface area contributed by atoms with Crippen molar-refractivity contribution in [3.63, 3.8) is 0 Å². The molecule has 32 heavy (non-hydrogen) atoms. The van der Waals surface area contributed by atoms with Crippen molar-refractivity contribution in [2.75, 3.05) is 18.0 Å². The van der Waals surface area contributed by atoms with E-state index in [0.717, 1.165) is 68.3 Å². The van der Waals surface area contributed by atoms with Crippen LogP contribution in [-0.2, 0) is 6.42 Å². The predicted molar refractivity (Wildman–Crippen MR) is 125 cm³/mol. The highest BCUT2D eigenvalue weighted by molar-refractivity contribution is 5.92. The summed E-state index contributed by atoms with van der Waals surface area (Å²) >= 11 is 0. The van der Waals surface area contributed by atoms with Crippen molar-refractivity contribution in [3.8, 4) is 0 Å². The summed E-state index contributed by atoms with van der Waals surface area (Å²) in [6.45, 7) is 2.01. The molecule has 168 valence electrons. The van der Waals surface area contributed by atoms with Crippen LogP contribution in [0.4, 0.5) is 5.82 Å². The SMILES string of the molecule is O=C(NC12CC3CC(CC(C3)C1)C2)c1ccc(N2CCC(Cc3ccccc3)CC2)nn1. The van der Waals surface area contributed by atoms with Gasteiger partial charge in [-0.2, -0.15) is 0 Å². The fourth-order valence-electron chi connectivity index (χ4n) is 7.50. The van der Waals surface area contributed by atoms with Crippen molar-refractivity contribution in [1.29, 1.82) is 0 Å². The molecule has 4 saturated carbocycles. The van der Waals surface area contributed by atoms with Crippen LogP contribution < -0.4 is 10.2 Å². The number of nitrogens with one attached hydrogen (secondary N) is 1.